The summed E-state index contributed by atoms with van der Waals surface area (Å²) in [7, 11) is 4.16. The molecule has 0 aromatic heterocycles. The maximum absolute atomic E-state index is 5.87. The number of hydrogen-bond acceptors (Lipinski definition) is 1. The smallest absolute Gasteiger partial charge is 0.313 e. The van der Waals surface area contributed by atoms with Crippen LogP contribution in [0.1, 0.15) is 5.56 Å². The van der Waals surface area contributed by atoms with Crippen LogP contribution in [0.25, 0.3) is 11.1 Å². The Morgan fingerprint density at radius 3 is 2.18 bits per heavy atom. The molecule has 0 unspecified atom stereocenters. The Balaban J connectivity index is 0.000000344. The average Bonchev–Trinajstić information content (AvgIpc) is 3.12. The predicted octanol–water partition coefficient (Wildman–Crippen LogP) is 5.19. The summed E-state index contributed by atoms with van der Waals surface area (Å²) in [6.45, 7) is 0.980. The van der Waals surface area contributed by atoms with E-state index in [0.29, 0.717) is 0 Å². The molecule has 0 aliphatic rings. The van der Waals surface area contributed by atoms with E-state index in [2.05, 4.69) is 49.3 Å². The molecule has 0 aliphatic carbocycles. The summed E-state index contributed by atoms with van der Waals surface area (Å²) in [5.74, 6) is 0. The second-order valence-corrected chi connectivity index (χ2v) is 5.65. The molecule has 0 N–H and O–H groups in total. The van der Waals surface area contributed by atoms with Gasteiger partial charge in [0.05, 0.1) is 0 Å². The first-order chi connectivity index (χ1) is 10.1. The molecule has 0 fully saturated rings. The number of rotatable bonds is 3. The van der Waals surface area contributed by atoms with Crippen LogP contribution in [0.5, 0.6) is 0 Å². The van der Waals surface area contributed by atoms with E-state index in [1.165, 1.54) is 16.7 Å². The quantitative estimate of drug-likeness (QED) is 0.462. The molecular weight excluding hydrogens is 334 g/mol. The molecule has 0 saturated carbocycles. The molecule has 0 radical (unpaired) electrons. The van der Waals surface area contributed by atoms with Crippen LogP contribution >= 0.6 is 11.6 Å². The number of nitrogens with zero attached hydrogens (tertiary/aromatic N) is 1. The first-order valence-corrected chi connectivity index (χ1v) is 7.36. The average molecular weight is 354 g/mol. The van der Waals surface area contributed by atoms with E-state index in [0.717, 1.165) is 11.6 Å². The fourth-order valence-corrected chi connectivity index (χ4v) is 2.22. The summed E-state index contributed by atoms with van der Waals surface area (Å²) >= 11 is 5.87. The first-order valence-electron chi connectivity index (χ1n) is 6.98. The van der Waals surface area contributed by atoms with Gasteiger partial charge in [0, 0.05) is 5.02 Å². The molecule has 3 rings (SSSR count). The Morgan fingerprint density at radius 1 is 1.05 bits per heavy atom. The zero-order chi connectivity index (χ0) is 15.1. The summed E-state index contributed by atoms with van der Waals surface area (Å²) in [5.41, 5.74) is 3.82. The summed E-state index contributed by atoms with van der Waals surface area (Å²) in [5, 5.41) is 0.781. The third-order valence-electron chi connectivity index (χ3n) is 3.05. The fraction of sp³-hybridized carbons (Fsp3) is 0.158. The van der Waals surface area contributed by atoms with E-state index in [1.807, 2.05) is 42.5 Å². The normalized spacial score (nSPS) is 9.82. The Hall–Kier alpha value is -1.31. The van der Waals surface area contributed by atoms with Gasteiger partial charge in [-0.3, -0.25) is 0 Å². The summed E-state index contributed by atoms with van der Waals surface area (Å²) < 4.78 is 0. The molecule has 3 aromatic rings. The molecule has 1 nitrogen and oxygen atoms in total. The van der Waals surface area contributed by atoms with Gasteiger partial charge in [-0.05, 0) is 20.6 Å². The summed E-state index contributed by atoms with van der Waals surface area (Å²) in [4.78, 5) is 2.17. The van der Waals surface area contributed by atoms with Gasteiger partial charge in [-0.1, -0.05) is 29.3 Å². The SMILES string of the molecule is CN(C)Cc1cc[c-](-c2ccc(Cl)cc2)c1.[Fe+2].c1cc[cH-]c1. The van der Waals surface area contributed by atoms with Gasteiger partial charge in [0.2, 0.25) is 0 Å². The predicted molar refractivity (Wildman–Crippen MR) is 91.9 cm³/mol. The van der Waals surface area contributed by atoms with Gasteiger partial charge < -0.3 is 4.90 Å². The van der Waals surface area contributed by atoms with Crippen LogP contribution in [0.4, 0.5) is 0 Å². The van der Waals surface area contributed by atoms with E-state index in [-0.39, 0.29) is 17.1 Å². The second kappa shape index (κ2) is 9.65. The van der Waals surface area contributed by atoms with Crippen molar-refractivity contribution in [2.24, 2.45) is 0 Å². The second-order valence-electron chi connectivity index (χ2n) is 5.21. The largest absolute Gasteiger partial charge is 2.00 e. The van der Waals surface area contributed by atoms with Gasteiger partial charge >= 0.3 is 17.1 Å². The maximum Gasteiger partial charge on any atom is 2.00 e. The van der Waals surface area contributed by atoms with Gasteiger partial charge in [-0.15, -0.1) is 41.5 Å². The van der Waals surface area contributed by atoms with Crippen LogP contribution in [0.2, 0.25) is 5.02 Å². The first kappa shape index (κ1) is 18.7. The van der Waals surface area contributed by atoms with Crippen LogP contribution in [-0.2, 0) is 23.6 Å². The van der Waals surface area contributed by atoms with E-state index in [4.69, 9.17) is 11.6 Å². The zero-order valence-electron chi connectivity index (χ0n) is 12.8. The molecule has 116 valence electrons. The van der Waals surface area contributed by atoms with Crippen molar-refractivity contribution in [3.8, 4) is 11.1 Å². The molecule has 22 heavy (non-hydrogen) atoms. The molecule has 0 bridgehead atoms. The van der Waals surface area contributed by atoms with Gasteiger partial charge in [0.25, 0.3) is 0 Å². The van der Waals surface area contributed by atoms with E-state index < -0.39 is 0 Å². The molecular formula is C19H20ClFeN. The van der Waals surface area contributed by atoms with Crippen molar-refractivity contribution in [2.75, 3.05) is 14.1 Å². The zero-order valence-corrected chi connectivity index (χ0v) is 14.7. The van der Waals surface area contributed by atoms with E-state index >= 15 is 0 Å². The monoisotopic (exact) mass is 353 g/mol. The molecule has 3 heteroatoms. The third-order valence-corrected chi connectivity index (χ3v) is 3.30. The summed E-state index contributed by atoms with van der Waals surface area (Å²) in [6.07, 6.45) is 0. The maximum atomic E-state index is 5.87. The van der Waals surface area contributed by atoms with Crippen LogP contribution < -0.4 is 0 Å². The molecule has 0 heterocycles. The standard InChI is InChI=1S/C14H15ClN.C5H5.Fe/c1-16(2)10-11-3-4-13(9-11)12-5-7-14(15)8-6-12;1-2-4-5-3-1;/h3-9H,10H2,1-2H3;1-5H;/q2*-1;+2. The minimum Gasteiger partial charge on any atom is -0.313 e. The Labute approximate surface area is 148 Å². The van der Waals surface area contributed by atoms with Crippen molar-refractivity contribution in [1.29, 1.82) is 0 Å². The van der Waals surface area contributed by atoms with Crippen LogP contribution in [0, 0.1) is 0 Å². The number of halogens is 1. The Kier molecular flexibility index (Phi) is 8.22. The topological polar surface area (TPSA) is 3.24 Å². The van der Waals surface area contributed by atoms with Crippen LogP contribution in [-0.4, -0.2) is 19.0 Å². The van der Waals surface area contributed by atoms with Crippen molar-refractivity contribution in [3.05, 3.63) is 83.4 Å². The molecule has 0 atom stereocenters. The molecule has 0 amide bonds. The van der Waals surface area contributed by atoms with Gasteiger partial charge in [-0.25, -0.2) is 12.1 Å². The molecule has 0 aliphatic heterocycles. The van der Waals surface area contributed by atoms with Crippen molar-refractivity contribution in [3.63, 3.8) is 0 Å². The van der Waals surface area contributed by atoms with E-state index in [9.17, 15) is 0 Å². The molecule has 0 saturated heterocycles. The van der Waals surface area contributed by atoms with E-state index in [1.54, 1.807) is 0 Å². The minimum atomic E-state index is 0. The van der Waals surface area contributed by atoms with Crippen molar-refractivity contribution in [1.82, 2.24) is 4.90 Å². The molecule has 0 spiro atoms. The molecule has 3 aromatic carbocycles. The van der Waals surface area contributed by atoms with Gasteiger partial charge in [0.15, 0.2) is 0 Å². The van der Waals surface area contributed by atoms with Crippen molar-refractivity contribution in [2.45, 2.75) is 6.54 Å². The Bertz CT molecular complexity index is 607. The summed E-state index contributed by atoms with van der Waals surface area (Å²) in [6, 6.07) is 24.5. The van der Waals surface area contributed by atoms with Gasteiger partial charge in [0.1, 0.15) is 0 Å². The minimum absolute atomic E-state index is 0. The van der Waals surface area contributed by atoms with Crippen molar-refractivity contribution >= 4 is 11.6 Å². The van der Waals surface area contributed by atoms with Gasteiger partial charge in [-0.2, -0.15) is 18.2 Å². The number of benzene rings is 1. The van der Waals surface area contributed by atoms with Crippen LogP contribution in [0.3, 0.4) is 0 Å². The van der Waals surface area contributed by atoms with Crippen LogP contribution in [0.15, 0.2) is 72.8 Å². The Morgan fingerprint density at radius 2 is 1.68 bits per heavy atom. The fourth-order valence-electron chi connectivity index (χ4n) is 2.10. The van der Waals surface area contributed by atoms with Crippen molar-refractivity contribution < 1.29 is 17.1 Å². The number of hydrogen-bond donors (Lipinski definition) is 0. The third kappa shape index (κ3) is 6.21.